The second-order valence-electron chi connectivity index (χ2n) is 5.62. The first-order chi connectivity index (χ1) is 10.3. The number of hydrogen-bond acceptors (Lipinski definition) is 3. The maximum Gasteiger partial charge on any atom is 0.220 e. The van der Waals surface area contributed by atoms with E-state index in [2.05, 4.69) is 17.4 Å². The van der Waals surface area contributed by atoms with Gasteiger partial charge in [0.1, 0.15) is 6.10 Å². The summed E-state index contributed by atoms with van der Waals surface area (Å²) in [6.45, 7) is 1.45. The number of halogens is 1. The molecule has 124 valence electrons. The molecule has 2 unspecified atom stereocenters. The zero-order valence-corrected chi connectivity index (χ0v) is 13.8. The molecule has 5 heteroatoms. The normalized spacial score (nSPS) is 20.4. The molecule has 22 heavy (non-hydrogen) atoms. The van der Waals surface area contributed by atoms with Gasteiger partial charge in [-0.3, -0.25) is 4.79 Å². The highest BCUT2D eigenvalue weighted by Crippen LogP contribution is 2.29. The quantitative estimate of drug-likeness (QED) is 0.722. The summed E-state index contributed by atoms with van der Waals surface area (Å²) in [7, 11) is 0. The predicted octanol–water partition coefficient (Wildman–Crippen LogP) is 2.96. The molecule has 2 atom stereocenters. The van der Waals surface area contributed by atoms with Crippen LogP contribution >= 0.6 is 12.4 Å². The van der Waals surface area contributed by atoms with Gasteiger partial charge >= 0.3 is 0 Å². The third-order valence-electron chi connectivity index (χ3n) is 3.92. The van der Waals surface area contributed by atoms with Crippen molar-refractivity contribution in [3.63, 3.8) is 0 Å². The van der Waals surface area contributed by atoms with E-state index in [1.807, 2.05) is 18.2 Å². The molecular weight excluding hydrogens is 300 g/mol. The number of nitrogens with two attached hydrogens (primary N) is 1. The van der Waals surface area contributed by atoms with Crippen molar-refractivity contribution < 1.29 is 9.53 Å². The molecule has 3 N–H and O–H groups in total. The lowest BCUT2D eigenvalue weighted by Crippen LogP contribution is -2.36. The minimum Gasteiger partial charge on any atom is -0.371 e. The van der Waals surface area contributed by atoms with Crippen molar-refractivity contribution in [2.45, 2.75) is 50.7 Å². The second kappa shape index (κ2) is 10.6. The monoisotopic (exact) mass is 326 g/mol. The van der Waals surface area contributed by atoms with Crippen LogP contribution < -0.4 is 11.1 Å². The number of nitrogens with one attached hydrogen (secondary N) is 1. The molecule has 1 aliphatic rings. The minimum atomic E-state index is -0.00705. The Morgan fingerprint density at radius 3 is 2.64 bits per heavy atom. The minimum absolute atomic E-state index is 0. The van der Waals surface area contributed by atoms with Crippen molar-refractivity contribution in [2.75, 3.05) is 13.2 Å². The van der Waals surface area contributed by atoms with E-state index >= 15 is 0 Å². The molecule has 1 saturated heterocycles. The van der Waals surface area contributed by atoms with Crippen LogP contribution in [0.25, 0.3) is 0 Å². The number of carbonyl (C=O) groups is 1. The number of hydrogen-bond donors (Lipinski definition) is 2. The van der Waals surface area contributed by atoms with Crippen LogP contribution in [0.5, 0.6) is 0 Å². The highest BCUT2D eigenvalue weighted by Gasteiger charge is 2.30. The Hall–Kier alpha value is -1.10. The third-order valence-corrected chi connectivity index (χ3v) is 3.92. The van der Waals surface area contributed by atoms with Gasteiger partial charge in [0, 0.05) is 13.0 Å². The van der Waals surface area contributed by atoms with Gasteiger partial charge in [-0.05, 0) is 31.4 Å². The molecule has 0 spiro atoms. The predicted molar refractivity (Wildman–Crippen MR) is 91.1 cm³/mol. The molecule has 0 aromatic heterocycles. The van der Waals surface area contributed by atoms with Crippen LogP contribution in [0, 0.1) is 0 Å². The Labute approximate surface area is 139 Å². The fourth-order valence-electron chi connectivity index (χ4n) is 2.77. The van der Waals surface area contributed by atoms with E-state index in [-0.39, 0.29) is 30.5 Å². The lowest BCUT2D eigenvalue weighted by Gasteiger charge is -2.20. The van der Waals surface area contributed by atoms with Crippen molar-refractivity contribution >= 4 is 18.3 Å². The number of carbonyl (C=O) groups excluding carboxylic acids is 1. The van der Waals surface area contributed by atoms with Crippen LogP contribution in [0.4, 0.5) is 0 Å². The first-order valence-corrected chi connectivity index (χ1v) is 7.97. The second-order valence-corrected chi connectivity index (χ2v) is 5.62. The number of unbranched alkanes of at least 4 members (excludes halogenated alkanes) is 3. The van der Waals surface area contributed by atoms with E-state index in [4.69, 9.17) is 10.5 Å². The first-order valence-electron chi connectivity index (χ1n) is 7.97. The van der Waals surface area contributed by atoms with Gasteiger partial charge in [0.15, 0.2) is 0 Å². The molecule has 1 aromatic rings. The molecule has 2 rings (SSSR count). The summed E-state index contributed by atoms with van der Waals surface area (Å²) in [4.78, 5) is 12.0. The van der Waals surface area contributed by atoms with Gasteiger partial charge in [0.05, 0.1) is 6.04 Å². The van der Waals surface area contributed by atoms with Gasteiger partial charge in [0.2, 0.25) is 5.91 Å². The zero-order chi connectivity index (χ0) is 14.9. The molecule has 4 nitrogen and oxygen atoms in total. The van der Waals surface area contributed by atoms with E-state index in [9.17, 15) is 4.79 Å². The van der Waals surface area contributed by atoms with Gasteiger partial charge < -0.3 is 15.8 Å². The van der Waals surface area contributed by atoms with Crippen molar-refractivity contribution in [3.05, 3.63) is 35.9 Å². The van der Waals surface area contributed by atoms with Crippen LogP contribution in [0.3, 0.4) is 0 Å². The fraction of sp³-hybridized carbons (Fsp3) is 0.588. The van der Waals surface area contributed by atoms with E-state index in [0.29, 0.717) is 13.0 Å². The lowest BCUT2D eigenvalue weighted by molar-refractivity contribution is -0.122. The summed E-state index contributed by atoms with van der Waals surface area (Å²) < 4.78 is 5.78. The number of amides is 1. The Morgan fingerprint density at radius 1 is 1.18 bits per heavy atom. The Morgan fingerprint density at radius 2 is 1.91 bits per heavy atom. The number of rotatable bonds is 8. The van der Waals surface area contributed by atoms with Crippen LogP contribution in [0.1, 0.15) is 50.2 Å². The van der Waals surface area contributed by atoms with Crippen molar-refractivity contribution in [2.24, 2.45) is 5.73 Å². The van der Waals surface area contributed by atoms with Gasteiger partial charge in [-0.15, -0.1) is 12.4 Å². The maximum absolute atomic E-state index is 12.0. The summed E-state index contributed by atoms with van der Waals surface area (Å²) in [6.07, 6.45) is 5.66. The molecule has 0 radical (unpaired) electrons. The average Bonchev–Trinajstić information content (AvgIpc) is 2.96. The zero-order valence-electron chi connectivity index (χ0n) is 13.0. The summed E-state index contributed by atoms with van der Waals surface area (Å²) in [5.41, 5.74) is 6.60. The topological polar surface area (TPSA) is 64.4 Å². The fourth-order valence-corrected chi connectivity index (χ4v) is 2.77. The summed E-state index contributed by atoms with van der Waals surface area (Å²) in [5.74, 6) is 0.138. The number of benzene rings is 1. The smallest absolute Gasteiger partial charge is 0.220 e. The van der Waals surface area contributed by atoms with Gasteiger partial charge in [-0.1, -0.05) is 43.2 Å². The van der Waals surface area contributed by atoms with Gasteiger partial charge in [-0.2, -0.15) is 0 Å². The highest BCUT2D eigenvalue weighted by atomic mass is 35.5. The summed E-state index contributed by atoms with van der Waals surface area (Å²) >= 11 is 0. The standard InChI is InChI=1S/C17H26N2O2.ClH/c18-12-7-2-1-6-10-16(20)19-15-11-13-21-17(15)14-8-4-3-5-9-14;/h3-5,8-9,15,17H,1-2,6-7,10-13,18H2,(H,19,20);1H. The SMILES string of the molecule is Cl.NCCCCCCC(=O)NC1CCOC1c1ccccc1. The highest BCUT2D eigenvalue weighted by molar-refractivity contribution is 5.85. The van der Waals surface area contributed by atoms with E-state index in [1.54, 1.807) is 0 Å². The van der Waals surface area contributed by atoms with Crippen molar-refractivity contribution in [1.82, 2.24) is 5.32 Å². The van der Waals surface area contributed by atoms with Crippen LogP contribution in [-0.4, -0.2) is 25.1 Å². The molecule has 0 aliphatic carbocycles. The van der Waals surface area contributed by atoms with Crippen LogP contribution in [-0.2, 0) is 9.53 Å². The first kappa shape index (κ1) is 18.9. The lowest BCUT2D eigenvalue weighted by atomic mass is 10.0. The van der Waals surface area contributed by atoms with Crippen LogP contribution in [0.2, 0.25) is 0 Å². The Bertz CT molecular complexity index is 428. The van der Waals surface area contributed by atoms with Gasteiger partial charge in [-0.25, -0.2) is 0 Å². The molecule has 1 aromatic carbocycles. The van der Waals surface area contributed by atoms with E-state index < -0.39 is 0 Å². The summed E-state index contributed by atoms with van der Waals surface area (Å²) in [6, 6.07) is 10.2. The average molecular weight is 327 g/mol. The largest absolute Gasteiger partial charge is 0.371 e. The van der Waals surface area contributed by atoms with Crippen LogP contribution in [0.15, 0.2) is 30.3 Å². The molecule has 1 amide bonds. The Balaban J connectivity index is 0.00000242. The molecule has 0 saturated carbocycles. The van der Waals surface area contributed by atoms with Crippen molar-refractivity contribution in [3.8, 4) is 0 Å². The Kier molecular flexibility index (Phi) is 9.13. The van der Waals surface area contributed by atoms with Gasteiger partial charge in [0.25, 0.3) is 0 Å². The van der Waals surface area contributed by atoms with E-state index in [0.717, 1.165) is 44.2 Å². The molecular formula is C17H27ClN2O2. The third kappa shape index (κ3) is 5.95. The molecule has 0 bridgehead atoms. The molecule has 1 aliphatic heterocycles. The van der Waals surface area contributed by atoms with E-state index in [1.165, 1.54) is 0 Å². The van der Waals surface area contributed by atoms with Crippen molar-refractivity contribution in [1.29, 1.82) is 0 Å². The summed E-state index contributed by atoms with van der Waals surface area (Å²) in [5, 5.41) is 3.13. The maximum atomic E-state index is 12.0. The number of ether oxygens (including phenoxy) is 1. The molecule has 1 heterocycles. The molecule has 1 fully saturated rings.